The van der Waals surface area contributed by atoms with Gasteiger partial charge in [-0.25, -0.2) is 0 Å². The van der Waals surface area contributed by atoms with Gasteiger partial charge >= 0.3 is 0 Å². The molecule has 0 atom stereocenters. The Bertz CT molecular complexity index is 155. The van der Waals surface area contributed by atoms with Gasteiger partial charge in [0.25, 0.3) is 0 Å². The predicted molar refractivity (Wildman–Crippen MR) is 56.0 cm³/mol. The molecular formula is C12H20. The smallest absolute Gasteiger partial charge is 0.00921 e. The Kier molecular flexibility index (Phi) is 9.70. The van der Waals surface area contributed by atoms with Gasteiger partial charge < -0.3 is 0 Å². The maximum atomic E-state index is 3.13. The molecule has 0 aromatic carbocycles. The lowest BCUT2D eigenvalue weighted by Crippen LogP contribution is -1.67. The quantitative estimate of drug-likeness (QED) is 0.426. The molecule has 0 aliphatic carbocycles. The third-order valence-corrected chi connectivity index (χ3v) is 1.68. The van der Waals surface area contributed by atoms with E-state index in [1.165, 1.54) is 32.1 Å². The van der Waals surface area contributed by atoms with Gasteiger partial charge in [0.2, 0.25) is 0 Å². The van der Waals surface area contributed by atoms with Crippen LogP contribution >= 0.6 is 0 Å². The third kappa shape index (κ3) is 9.30. The number of allylic oxidation sites excluding steroid dienone is 2. The highest BCUT2D eigenvalue weighted by molar-refractivity contribution is 5.14. The predicted octanol–water partition coefficient (Wildman–Crippen LogP) is 3.93. The van der Waals surface area contributed by atoms with Gasteiger partial charge in [-0.3, -0.25) is 0 Å². The first kappa shape index (κ1) is 11.3. The average Bonchev–Trinajstić information content (AvgIpc) is 2.10. The van der Waals surface area contributed by atoms with Crippen LogP contribution in [-0.2, 0) is 0 Å². The van der Waals surface area contributed by atoms with Crippen LogP contribution in [-0.4, -0.2) is 0 Å². The molecule has 0 N–H and O–H groups in total. The van der Waals surface area contributed by atoms with Crippen molar-refractivity contribution in [2.75, 3.05) is 0 Å². The number of rotatable bonds is 5. The summed E-state index contributed by atoms with van der Waals surface area (Å²) in [4.78, 5) is 0. The maximum Gasteiger partial charge on any atom is 0.00921 e. The lowest BCUT2D eigenvalue weighted by atomic mass is 10.2. The molecule has 68 valence electrons. The van der Waals surface area contributed by atoms with Crippen LogP contribution in [0.5, 0.6) is 0 Å². The van der Waals surface area contributed by atoms with Crippen LogP contribution in [0.1, 0.15) is 52.4 Å². The first-order chi connectivity index (χ1) is 5.91. The van der Waals surface area contributed by atoms with Gasteiger partial charge in [-0.15, -0.1) is 0 Å². The van der Waals surface area contributed by atoms with Crippen molar-refractivity contribution >= 4 is 0 Å². The van der Waals surface area contributed by atoms with Crippen molar-refractivity contribution in [3.05, 3.63) is 12.2 Å². The molecule has 0 fully saturated rings. The van der Waals surface area contributed by atoms with Crippen LogP contribution in [0, 0.1) is 11.8 Å². The minimum atomic E-state index is 1.05. The van der Waals surface area contributed by atoms with Gasteiger partial charge in [0.05, 0.1) is 0 Å². The molecule has 0 heteroatoms. The van der Waals surface area contributed by atoms with Gasteiger partial charge in [0.1, 0.15) is 0 Å². The summed E-state index contributed by atoms with van der Waals surface area (Å²) in [6, 6.07) is 0. The van der Waals surface area contributed by atoms with Gasteiger partial charge in [-0.2, -0.15) is 0 Å². The molecule has 0 saturated carbocycles. The van der Waals surface area contributed by atoms with Crippen LogP contribution in [0.3, 0.4) is 0 Å². The second-order valence-electron chi connectivity index (χ2n) is 2.97. The zero-order valence-electron chi connectivity index (χ0n) is 8.40. The molecule has 0 aliphatic heterocycles. The van der Waals surface area contributed by atoms with Gasteiger partial charge in [-0.1, -0.05) is 51.0 Å². The highest BCUT2D eigenvalue weighted by atomic mass is 13.8. The fraction of sp³-hybridized carbons (Fsp3) is 0.667. The summed E-state index contributed by atoms with van der Waals surface area (Å²) in [5.74, 6) is 6.17. The molecule has 0 radical (unpaired) electrons. The lowest BCUT2D eigenvalue weighted by Gasteiger charge is -1.85. The SMILES string of the molecule is CCCCC#C/C=C/CCCC. The zero-order valence-corrected chi connectivity index (χ0v) is 8.40. The Morgan fingerprint density at radius 1 is 1.08 bits per heavy atom. The monoisotopic (exact) mass is 164 g/mol. The Morgan fingerprint density at radius 2 is 1.83 bits per heavy atom. The molecule has 0 rings (SSSR count). The van der Waals surface area contributed by atoms with Crippen molar-refractivity contribution in [2.45, 2.75) is 52.4 Å². The van der Waals surface area contributed by atoms with Crippen molar-refractivity contribution in [1.29, 1.82) is 0 Å². The van der Waals surface area contributed by atoms with Crippen LogP contribution in [0.4, 0.5) is 0 Å². The second kappa shape index (κ2) is 10.3. The van der Waals surface area contributed by atoms with E-state index in [0.29, 0.717) is 0 Å². The maximum absolute atomic E-state index is 3.13. The average molecular weight is 164 g/mol. The van der Waals surface area contributed by atoms with E-state index in [4.69, 9.17) is 0 Å². The summed E-state index contributed by atoms with van der Waals surface area (Å²) in [6.45, 7) is 4.40. The van der Waals surface area contributed by atoms with Crippen molar-refractivity contribution in [2.24, 2.45) is 0 Å². The first-order valence-electron chi connectivity index (χ1n) is 5.05. The van der Waals surface area contributed by atoms with E-state index in [2.05, 4.69) is 31.8 Å². The molecule has 0 nitrogen and oxygen atoms in total. The summed E-state index contributed by atoms with van der Waals surface area (Å²) >= 11 is 0. The summed E-state index contributed by atoms with van der Waals surface area (Å²) < 4.78 is 0. The van der Waals surface area contributed by atoms with E-state index in [9.17, 15) is 0 Å². The van der Waals surface area contributed by atoms with E-state index >= 15 is 0 Å². The topological polar surface area (TPSA) is 0 Å². The molecule has 0 heterocycles. The number of unbranched alkanes of at least 4 members (excludes halogenated alkanes) is 4. The number of hydrogen-bond donors (Lipinski definition) is 0. The number of hydrogen-bond acceptors (Lipinski definition) is 0. The molecule has 0 aromatic rings. The summed E-state index contributed by atoms with van der Waals surface area (Å²) in [5, 5.41) is 0. The van der Waals surface area contributed by atoms with Gasteiger partial charge in [0.15, 0.2) is 0 Å². The van der Waals surface area contributed by atoms with E-state index < -0.39 is 0 Å². The van der Waals surface area contributed by atoms with E-state index in [0.717, 1.165) is 6.42 Å². The van der Waals surface area contributed by atoms with Crippen molar-refractivity contribution in [3.8, 4) is 11.8 Å². The molecule has 0 unspecified atom stereocenters. The fourth-order valence-corrected chi connectivity index (χ4v) is 0.860. The Balaban J connectivity index is 3.23. The molecular weight excluding hydrogens is 144 g/mol. The summed E-state index contributed by atoms with van der Waals surface area (Å²) in [6.07, 6.45) is 11.4. The first-order valence-corrected chi connectivity index (χ1v) is 5.05. The van der Waals surface area contributed by atoms with Gasteiger partial charge in [0, 0.05) is 6.42 Å². The van der Waals surface area contributed by atoms with Crippen molar-refractivity contribution in [3.63, 3.8) is 0 Å². The van der Waals surface area contributed by atoms with Crippen LogP contribution in [0.25, 0.3) is 0 Å². The molecule has 0 amide bonds. The standard InChI is InChI=1S/C12H20/c1-3-5-7-9-11-12-10-8-6-4-2/h9,11H,3-8H2,1-2H3/b11-9+. The molecule has 0 spiro atoms. The zero-order chi connectivity index (χ0) is 9.07. The van der Waals surface area contributed by atoms with E-state index in [1.54, 1.807) is 0 Å². The largest absolute Gasteiger partial charge is 0.0985 e. The van der Waals surface area contributed by atoms with Crippen LogP contribution < -0.4 is 0 Å². The van der Waals surface area contributed by atoms with Gasteiger partial charge in [-0.05, 0) is 18.9 Å². The fourth-order valence-electron chi connectivity index (χ4n) is 0.860. The molecule has 0 bridgehead atoms. The van der Waals surface area contributed by atoms with Crippen LogP contribution in [0.15, 0.2) is 12.2 Å². The second-order valence-corrected chi connectivity index (χ2v) is 2.97. The third-order valence-electron chi connectivity index (χ3n) is 1.68. The molecule has 12 heavy (non-hydrogen) atoms. The highest BCUT2D eigenvalue weighted by Gasteiger charge is 1.76. The lowest BCUT2D eigenvalue weighted by molar-refractivity contribution is 0.815. The molecule has 0 saturated heterocycles. The summed E-state index contributed by atoms with van der Waals surface area (Å²) in [7, 11) is 0. The van der Waals surface area contributed by atoms with E-state index in [-0.39, 0.29) is 0 Å². The summed E-state index contributed by atoms with van der Waals surface area (Å²) in [5.41, 5.74) is 0. The Labute approximate surface area is 77.1 Å². The molecule has 0 aromatic heterocycles. The van der Waals surface area contributed by atoms with Crippen molar-refractivity contribution < 1.29 is 0 Å². The Morgan fingerprint density at radius 3 is 2.50 bits per heavy atom. The highest BCUT2D eigenvalue weighted by Crippen LogP contribution is 1.94. The Hall–Kier alpha value is -0.700. The molecule has 0 aliphatic rings. The van der Waals surface area contributed by atoms with Crippen LogP contribution in [0.2, 0.25) is 0 Å². The van der Waals surface area contributed by atoms with E-state index in [1.807, 2.05) is 6.08 Å². The normalized spacial score (nSPS) is 9.83. The van der Waals surface area contributed by atoms with Crippen molar-refractivity contribution in [1.82, 2.24) is 0 Å². The minimum absolute atomic E-state index is 1.05. The minimum Gasteiger partial charge on any atom is -0.0985 e.